The van der Waals surface area contributed by atoms with E-state index >= 15 is 0 Å². The molecule has 0 bridgehead atoms. The lowest BCUT2D eigenvalue weighted by Crippen LogP contribution is -2.36. The molecule has 0 N–H and O–H groups in total. The highest BCUT2D eigenvalue weighted by atomic mass is 19.1. The number of hydrogen-bond donors (Lipinski definition) is 0. The fourth-order valence-electron chi connectivity index (χ4n) is 2.74. The first-order valence-electron chi connectivity index (χ1n) is 7.43. The maximum absolute atomic E-state index is 13.8. The number of ether oxygens (including phenoxy) is 1. The van der Waals surface area contributed by atoms with Gasteiger partial charge in [0.05, 0.1) is 6.10 Å². The molecule has 0 aliphatic carbocycles. The molecule has 1 aliphatic heterocycles. The molecule has 1 aromatic carbocycles. The third-order valence-electron chi connectivity index (χ3n) is 4.10. The quantitative estimate of drug-likeness (QED) is 0.836. The number of piperidine rings is 1. The van der Waals surface area contributed by atoms with Crippen molar-refractivity contribution in [2.45, 2.75) is 51.7 Å². The molecule has 0 saturated carbocycles. The average Bonchev–Trinajstić information content (AvgIpc) is 2.38. The number of halogens is 1. The Morgan fingerprint density at radius 3 is 2.40 bits per heavy atom. The van der Waals surface area contributed by atoms with E-state index < -0.39 is 0 Å². The minimum Gasteiger partial charge on any atom is -0.381 e. The Balaban J connectivity index is 2.05. The molecular formula is C17H26FNO. The Bertz CT molecular complexity index is 445. The molecule has 20 heavy (non-hydrogen) atoms. The Morgan fingerprint density at radius 1 is 1.20 bits per heavy atom. The van der Waals surface area contributed by atoms with Gasteiger partial charge in [-0.25, -0.2) is 4.39 Å². The van der Waals surface area contributed by atoms with Crippen LogP contribution in [-0.4, -0.2) is 31.2 Å². The minimum atomic E-state index is -0.126. The zero-order valence-electron chi connectivity index (χ0n) is 13.1. The molecule has 1 aliphatic rings. The summed E-state index contributed by atoms with van der Waals surface area (Å²) in [6.07, 6.45) is 2.53. The third kappa shape index (κ3) is 4.03. The molecule has 1 aromatic rings. The van der Waals surface area contributed by atoms with Gasteiger partial charge in [-0.3, -0.25) is 4.90 Å². The van der Waals surface area contributed by atoms with E-state index in [2.05, 4.69) is 31.7 Å². The first-order chi connectivity index (χ1) is 9.38. The van der Waals surface area contributed by atoms with E-state index in [0.29, 0.717) is 6.10 Å². The monoisotopic (exact) mass is 279 g/mol. The molecular weight excluding hydrogens is 253 g/mol. The van der Waals surface area contributed by atoms with E-state index in [0.717, 1.165) is 43.6 Å². The highest BCUT2D eigenvalue weighted by molar-refractivity contribution is 5.29. The van der Waals surface area contributed by atoms with Gasteiger partial charge in [-0.05, 0) is 41.5 Å². The van der Waals surface area contributed by atoms with Crippen molar-refractivity contribution in [2.24, 2.45) is 0 Å². The maximum atomic E-state index is 13.8. The maximum Gasteiger partial charge on any atom is 0.123 e. The number of methoxy groups -OCH3 is 1. The summed E-state index contributed by atoms with van der Waals surface area (Å²) in [5.41, 5.74) is 2.13. The summed E-state index contributed by atoms with van der Waals surface area (Å²) >= 11 is 0. The van der Waals surface area contributed by atoms with Crippen LogP contribution in [0.15, 0.2) is 18.2 Å². The molecule has 0 atom stereocenters. The third-order valence-corrected chi connectivity index (χ3v) is 4.10. The predicted octanol–water partition coefficient (Wildman–Crippen LogP) is 3.73. The van der Waals surface area contributed by atoms with Crippen LogP contribution in [0.25, 0.3) is 0 Å². The first kappa shape index (κ1) is 15.5. The number of hydrogen-bond acceptors (Lipinski definition) is 2. The molecule has 2 rings (SSSR count). The van der Waals surface area contributed by atoms with E-state index in [-0.39, 0.29) is 11.2 Å². The predicted molar refractivity (Wildman–Crippen MR) is 80.4 cm³/mol. The van der Waals surface area contributed by atoms with E-state index in [1.165, 1.54) is 0 Å². The fourth-order valence-corrected chi connectivity index (χ4v) is 2.74. The molecule has 0 spiro atoms. The molecule has 0 amide bonds. The summed E-state index contributed by atoms with van der Waals surface area (Å²) in [4.78, 5) is 2.39. The smallest absolute Gasteiger partial charge is 0.123 e. The van der Waals surface area contributed by atoms with Crippen molar-refractivity contribution in [3.8, 4) is 0 Å². The lowest BCUT2D eigenvalue weighted by molar-refractivity contribution is 0.0388. The lowest BCUT2D eigenvalue weighted by Gasteiger charge is -2.31. The molecule has 1 heterocycles. The van der Waals surface area contributed by atoms with Gasteiger partial charge in [-0.2, -0.15) is 0 Å². The molecule has 3 heteroatoms. The standard InChI is InChI=1S/C17H26FNO/c1-17(2,3)14-9-13(10-15(18)11-14)12-19-7-5-16(20-4)6-8-19/h9-11,16H,5-8,12H2,1-4H3. The van der Waals surface area contributed by atoms with Gasteiger partial charge < -0.3 is 4.74 Å². The topological polar surface area (TPSA) is 12.5 Å². The summed E-state index contributed by atoms with van der Waals surface area (Å²) < 4.78 is 19.2. The van der Waals surface area contributed by atoms with Crippen LogP contribution in [0.1, 0.15) is 44.7 Å². The van der Waals surface area contributed by atoms with Crippen LogP contribution in [0.5, 0.6) is 0 Å². The molecule has 0 unspecified atom stereocenters. The zero-order valence-corrected chi connectivity index (χ0v) is 13.1. The summed E-state index contributed by atoms with van der Waals surface area (Å²) in [6.45, 7) is 9.25. The van der Waals surface area contributed by atoms with E-state index in [1.54, 1.807) is 19.2 Å². The van der Waals surface area contributed by atoms with Crippen LogP contribution in [0.3, 0.4) is 0 Å². The van der Waals surface area contributed by atoms with Crippen LogP contribution in [0.2, 0.25) is 0 Å². The Labute approximate surface area is 121 Å². The number of nitrogens with zero attached hydrogens (tertiary/aromatic N) is 1. The van der Waals surface area contributed by atoms with E-state index in [1.807, 2.05) is 0 Å². The van der Waals surface area contributed by atoms with Crippen molar-refractivity contribution in [2.75, 3.05) is 20.2 Å². The second-order valence-electron chi connectivity index (χ2n) is 6.81. The van der Waals surface area contributed by atoms with Gasteiger partial charge in [-0.1, -0.05) is 26.8 Å². The number of rotatable bonds is 3. The second-order valence-corrected chi connectivity index (χ2v) is 6.81. The SMILES string of the molecule is COC1CCN(Cc2cc(F)cc(C(C)(C)C)c2)CC1. The van der Waals surface area contributed by atoms with Crippen molar-refractivity contribution in [1.82, 2.24) is 4.90 Å². The van der Waals surface area contributed by atoms with Crippen molar-refractivity contribution >= 4 is 0 Å². The molecule has 1 saturated heterocycles. The van der Waals surface area contributed by atoms with Crippen LogP contribution in [0, 0.1) is 5.82 Å². The highest BCUT2D eigenvalue weighted by Gasteiger charge is 2.20. The van der Waals surface area contributed by atoms with E-state index in [4.69, 9.17) is 4.74 Å². The fraction of sp³-hybridized carbons (Fsp3) is 0.647. The second kappa shape index (κ2) is 6.23. The van der Waals surface area contributed by atoms with Crippen molar-refractivity contribution < 1.29 is 9.13 Å². The molecule has 1 fully saturated rings. The summed E-state index contributed by atoms with van der Waals surface area (Å²) in [5.74, 6) is -0.126. The Kier molecular flexibility index (Phi) is 4.82. The van der Waals surface area contributed by atoms with E-state index in [9.17, 15) is 4.39 Å². The molecule has 2 nitrogen and oxygen atoms in total. The molecule has 0 radical (unpaired) electrons. The molecule has 112 valence electrons. The van der Waals surface area contributed by atoms with Crippen molar-refractivity contribution in [3.05, 3.63) is 35.1 Å². The summed E-state index contributed by atoms with van der Waals surface area (Å²) in [6, 6.07) is 5.46. The van der Waals surface area contributed by atoms with Crippen molar-refractivity contribution in [3.63, 3.8) is 0 Å². The van der Waals surface area contributed by atoms with Gasteiger partial charge in [0.1, 0.15) is 5.82 Å². The van der Waals surface area contributed by atoms with Gasteiger partial charge >= 0.3 is 0 Å². The van der Waals surface area contributed by atoms with Crippen molar-refractivity contribution in [1.29, 1.82) is 0 Å². The minimum absolute atomic E-state index is 0.0140. The first-order valence-corrected chi connectivity index (χ1v) is 7.43. The largest absolute Gasteiger partial charge is 0.381 e. The average molecular weight is 279 g/mol. The van der Waals surface area contributed by atoms with Gasteiger partial charge in [0, 0.05) is 26.7 Å². The van der Waals surface area contributed by atoms with Gasteiger partial charge in [0.15, 0.2) is 0 Å². The summed E-state index contributed by atoms with van der Waals surface area (Å²) in [7, 11) is 1.78. The lowest BCUT2D eigenvalue weighted by atomic mass is 9.86. The molecule has 0 aromatic heterocycles. The number of benzene rings is 1. The van der Waals surface area contributed by atoms with Gasteiger partial charge in [0.25, 0.3) is 0 Å². The highest BCUT2D eigenvalue weighted by Crippen LogP contribution is 2.25. The summed E-state index contributed by atoms with van der Waals surface area (Å²) in [5, 5.41) is 0. The van der Waals surface area contributed by atoms with Crippen LogP contribution >= 0.6 is 0 Å². The normalized spacial score (nSPS) is 18.4. The Hall–Kier alpha value is -0.930. The Morgan fingerprint density at radius 2 is 1.85 bits per heavy atom. The van der Waals surface area contributed by atoms with Gasteiger partial charge in [0.2, 0.25) is 0 Å². The van der Waals surface area contributed by atoms with Crippen LogP contribution < -0.4 is 0 Å². The van der Waals surface area contributed by atoms with Crippen LogP contribution in [0.4, 0.5) is 4.39 Å². The van der Waals surface area contributed by atoms with Crippen LogP contribution in [-0.2, 0) is 16.7 Å². The van der Waals surface area contributed by atoms with Gasteiger partial charge in [-0.15, -0.1) is 0 Å². The number of likely N-dealkylation sites (tertiary alicyclic amines) is 1. The zero-order chi connectivity index (χ0) is 14.8.